The van der Waals surface area contributed by atoms with Crippen molar-refractivity contribution >= 4 is 52.4 Å². The number of benzene rings is 3. The Morgan fingerprint density at radius 3 is 2.26 bits per heavy atom. The van der Waals surface area contributed by atoms with Crippen LogP contribution in [0, 0.1) is 3.57 Å². The Kier molecular flexibility index (Phi) is 8.80. The lowest BCUT2D eigenvalue weighted by Crippen LogP contribution is -2.32. The minimum Gasteiger partial charge on any atom is -0.496 e. The minimum absolute atomic E-state index is 0.0768. The third kappa shape index (κ3) is 6.92. The molecule has 0 unspecified atom stereocenters. The molecular weight excluding hydrogens is 543 g/mol. The van der Waals surface area contributed by atoms with E-state index in [1.54, 1.807) is 37.5 Å². The topological polar surface area (TPSA) is 83.0 Å². The monoisotopic (exact) mass is 568 g/mol. The molecule has 0 aliphatic heterocycles. The fourth-order valence-corrected chi connectivity index (χ4v) is 3.73. The number of hydrazone groups is 1. The standard InChI is InChI=1S/C26H25IN4O3/c1-31(2)21-12-9-18(10-13-21)16-23(29-25(32)20-7-5-4-6-8-20)26(33)30-28-17-19-11-14-24(34-3)22(27)15-19/h4-17H,1-3H3,(H,29,32)(H,30,33). The van der Waals surface area contributed by atoms with Crippen molar-refractivity contribution in [2.75, 3.05) is 26.1 Å². The summed E-state index contributed by atoms with van der Waals surface area (Å²) in [4.78, 5) is 27.6. The zero-order chi connectivity index (χ0) is 24.5. The van der Waals surface area contributed by atoms with Crippen molar-refractivity contribution in [3.63, 3.8) is 0 Å². The first-order valence-corrected chi connectivity index (χ1v) is 11.5. The average molecular weight is 568 g/mol. The zero-order valence-corrected chi connectivity index (χ0v) is 21.2. The molecule has 0 fully saturated rings. The van der Waals surface area contributed by atoms with Gasteiger partial charge in [-0.3, -0.25) is 9.59 Å². The van der Waals surface area contributed by atoms with E-state index >= 15 is 0 Å². The van der Waals surface area contributed by atoms with E-state index in [0.717, 1.165) is 26.1 Å². The second-order valence-electron chi connectivity index (χ2n) is 7.46. The Hall–Kier alpha value is -3.66. The Morgan fingerprint density at radius 1 is 0.971 bits per heavy atom. The molecule has 3 aromatic carbocycles. The number of ether oxygens (including phenoxy) is 1. The summed E-state index contributed by atoms with van der Waals surface area (Å²) in [6.07, 6.45) is 3.14. The van der Waals surface area contributed by atoms with E-state index in [4.69, 9.17) is 4.74 Å². The molecule has 3 aromatic rings. The fourth-order valence-electron chi connectivity index (χ4n) is 2.97. The summed E-state index contributed by atoms with van der Waals surface area (Å²) in [6, 6.07) is 21.9. The molecule has 8 heteroatoms. The van der Waals surface area contributed by atoms with Crippen LogP contribution in [0.15, 0.2) is 83.6 Å². The molecule has 0 saturated heterocycles. The second-order valence-corrected chi connectivity index (χ2v) is 8.62. The highest BCUT2D eigenvalue weighted by molar-refractivity contribution is 14.1. The summed E-state index contributed by atoms with van der Waals surface area (Å²) in [7, 11) is 5.51. The normalized spacial score (nSPS) is 11.2. The van der Waals surface area contributed by atoms with E-state index in [-0.39, 0.29) is 11.6 Å². The van der Waals surface area contributed by atoms with Gasteiger partial charge in [0, 0.05) is 25.3 Å². The molecule has 2 N–H and O–H groups in total. The van der Waals surface area contributed by atoms with Crippen molar-refractivity contribution in [2.24, 2.45) is 5.10 Å². The summed E-state index contributed by atoms with van der Waals surface area (Å²) in [5.41, 5.74) is 5.59. The zero-order valence-electron chi connectivity index (χ0n) is 19.1. The van der Waals surface area contributed by atoms with E-state index < -0.39 is 5.91 Å². The molecule has 0 saturated carbocycles. The second kappa shape index (κ2) is 12.0. The molecule has 3 rings (SSSR count). The van der Waals surface area contributed by atoms with E-state index in [2.05, 4.69) is 38.4 Å². The van der Waals surface area contributed by atoms with Crippen LogP contribution >= 0.6 is 22.6 Å². The molecule has 2 amide bonds. The van der Waals surface area contributed by atoms with Crippen molar-refractivity contribution in [3.8, 4) is 5.75 Å². The van der Waals surface area contributed by atoms with Crippen LogP contribution in [0.4, 0.5) is 5.69 Å². The summed E-state index contributed by atoms with van der Waals surface area (Å²) in [5, 5.41) is 6.75. The summed E-state index contributed by atoms with van der Waals surface area (Å²) >= 11 is 2.17. The van der Waals surface area contributed by atoms with Gasteiger partial charge in [0.1, 0.15) is 11.4 Å². The van der Waals surface area contributed by atoms with Gasteiger partial charge in [-0.05, 0) is 82.3 Å². The van der Waals surface area contributed by atoms with Crippen molar-refractivity contribution in [1.82, 2.24) is 10.7 Å². The first kappa shape index (κ1) is 25.0. The molecule has 0 aromatic heterocycles. The molecule has 0 aliphatic rings. The third-order valence-corrected chi connectivity index (χ3v) is 5.65. The lowest BCUT2D eigenvalue weighted by Gasteiger charge is -2.12. The molecule has 0 atom stereocenters. The van der Waals surface area contributed by atoms with Gasteiger partial charge in [0.25, 0.3) is 11.8 Å². The van der Waals surface area contributed by atoms with Gasteiger partial charge in [0.15, 0.2) is 0 Å². The molecule has 0 bridgehead atoms. The van der Waals surface area contributed by atoms with Crippen LogP contribution in [0.5, 0.6) is 5.75 Å². The summed E-state index contributed by atoms with van der Waals surface area (Å²) in [5.74, 6) is -0.169. The highest BCUT2D eigenvalue weighted by atomic mass is 127. The smallest absolute Gasteiger partial charge is 0.287 e. The molecule has 174 valence electrons. The number of hydrogen-bond acceptors (Lipinski definition) is 5. The Morgan fingerprint density at radius 2 is 1.65 bits per heavy atom. The van der Waals surface area contributed by atoms with Crippen molar-refractivity contribution in [2.45, 2.75) is 0 Å². The molecule has 0 aliphatic carbocycles. The van der Waals surface area contributed by atoms with Crippen LogP contribution in [0.25, 0.3) is 6.08 Å². The number of nitrogens with one attached hydrogen (secondary N) is 2. The molecule has 7 nitrogen and oxygen atoms in total. The maximum absolute atomic E-state index is 12.9. The Balaban J connectivity index is 1.80. The molecule has 0 spiro atoms. The number of carbonyl (C=O) groups excluding carboxylic acids is 2. The van der Waals surface area contributed by atoms with E-state index in [1.165, 1.54) is 6.21 Å². The maximum atomic E-state index is 12.9. The molecular formula is C26H25IN4O3. The van der Waals surface area contributed by atoms with Gasteiger partial charge in [-0.1, -0.05) is 30.3 Å². The largest absolute Gasteiger partial charge is 0.496 e. The van der Waals surface area contributed by atoms with E-state index in [1.807, 2.05) is 67.5 Å². The molecule has 0 radical (unpaired) electrons. The predicted octanol–water partition coefficient (Wildman–Crippen LogP) is 4.29. The van der Waals surface area contributed by atoms with Crippen LogP contribution in [-0.2, 0) is 4.79 Å². The number of hydrogen-bond donors (Lipinski definition) is 2. The number of methoxy groups -OCH3 is 1. The number of amides is 2. The first-order chi connectivity index (χ1) is 16.4. The van der Waals surface area contributed by atoms with Crippen molar-refractivity contribution < 1.29 is 14.3 Å². The van der Waals surface area contributed by atoms with Gasteiger partial charge in [0.2, 0.25) is 0 Å². The lowest BCUT2D eigenvalue weighted by molar-refractivity contribution is -0.117. The van der Waals surface area contributed by atoms with Gasteiger partial charge in [0.05, 0.1) is 16.9 Å². The van der Waals surface area contributed by atoms with Crippen LogP contribution in [-0.4, -0.2) is 39.2 Å². The van der Waals surface area contributed by atoms with Gasteiger partial charge < -0.3 is 15.0 Å². The number of nitrogens with zero attached hydrogens (tertiary/aromatic N) is 2. The summed E-state index contributed by atoms with van der Waals surface area (Å²) in [6.45, 7) is 0. The number of anilines is 1. The average Bonchev–Trinajstić information content (AvgIpc) is 2.84. The maximum Gasteiger partial charge on any atom is 0.287 e. The van der Waals surface area contributed by atoms with Crippen molar-refractivity contribution in [3.05, 3.63) is 98.8 Å². The number of halogens is 1. The van der Waals surface area contributed by atoms with Crippen LogP contribution in [0.1, 0.15) is 21.5 Å². The van der Waals surface area contributed by atoms with Gasteiger partial charge in [-0.25, -0.2) is 5.43 Å². The van der Waals surface area contributed by atoms with Gasteiger partial charge in [-0.15, -0.1) is 0 Å². The molecule has 34 heavy (non-hydrogen) atoms. The third-order valence-electron chi connectivity index (χ3n) is 4.80. The van der Waals surface area contributed by atoms with Crippen LogP contribution < -0.4 is 20.4 Å². The highest BCUT2D eigenvalue weighted by Gasteiger charge is 2.14. The predicted molar refractivity (Wildman–Crippen MR) is 144 cm³/mol. The number of carbonyl (C=O) groups is 2. The Bertz CT molecular complexity index is 1210. The van der Waals surface area contributed by atoms with Gasteiger partial charge in [-0.2, -0.15) is 5.10 Å². The Labute approximate surface area is 212 Å². The SMILES string of the molecule is COc1ccc(C=NNC(=O)C(=Cc2ccc(N(C)C)cc2)NC(=O)c2ccccc2)cc1I. The molecule has 0 heterocycles. The first-order valence-electron chi connectivity index (χ1n) is 10.4. The minimum atomic E-state index is -0.541. The van der Waals surface area contributed by atoms with Crippen molar-refractivity contribution in [1.29, 1.82) is 0 Å². The van der Waals surface area contributed by atoms with Crippen LogP contribution in [0.3, 0.4) is 0 Å². The van der Waals surface area contributed by atoms with E-state index in [0.29, 0.717) is 5.56 Å². The highest BCUT2D eigenvalue weighted by Crippen LogP contribution is 2.20. The summed E-state index contributed by atoms with van der Waals surface area (Å²) < 4.78 is 6.18. The van der Waals surface area contributed by atoms with Gasteiger partial charge >= 0.3 is 0 Å². The lowest BCUT2D eigenvalue weighted by atomic mass is 10.1. The van der Waals surface area contributed by atoms with E-state index in [9.17, 15) is 9.59 Å². The fraction of sp³-hybridized carbons (Fsp3) is 0.115. The number of rotatable bonds is 8. The quantitative estimate of drug-likeness (QED) is 0.184. The van der Waals surface area contributed by atoms with Crippen LogP contribution in [0.2, 0.25) is 0 Å².